The van der Waals surface area contributed by atoms with Crippen molar-refractivity contribution in [3.63, 3.8) is 0 Å². The predicted octanol–water partition coefficient (Wildman–Crippen LogP) is 3.80. The number of nitrogens with zero attached hydrogens (tertiary/aromatic N) is 1. The van der Waals surface area contributed by atoms with E-state index in [2.05, 4.69) is 11.9 Å². The first-order chi connectivity index (χ1) is 14.9. The molecule has 0 atom stereocenters. The molecule has 2 aromatic rings. The topological polar surface area (TPSA) is 84.9 Å². The van der Waals surface area contributed by atoms with Crippen molar-refractivity contribution in [1.82, 2.24) is 5.32 Å². The van der Waals surface area contributed by atoms with Crippen LogP contribution < -0.4 is 19.7 Å². The van der Waals surface area contributed by atoms with E-state index in [9.17, 15) is 14.4 Å². The molecule has 0 spiro atoms. The number of hydrogen-bond acceptors (Lipinski definition) is 5. The van der Waals surface area contributed by atoms with Crippen LogP contribution in [0.3, 0.4) is 0 Å². The van der Waals surface area contributed by atoms with E-state index < -0.39 is 17.8 Å². The highest BCUT2D eigenvalue weighted by Gasteiger charge is 2.37. The minimum atomic E-state index is -0.779. The molecule has 1 aliphatic rings. The number of amides is 4. The molecule has 2 aromatic carbocycles. The van der Waals surface area contributed by atoms with Gasteiger partial charge in [-0.15, -0.1) is 6.58 Å². The maximum Gasteiger partial charge on any atom is 0.335 e. The van der Waals surface area contributed by atoms with E-state index >= 15 is 0 Å². The van der Waals surface area contributed by atoms with Gasteiger partial charge in [-0.05, 0) is 55.7 Å². The van der Waals surface area contributed by atoms with Crippen LogP contribution in [0.1, 0.15) is 23.6 Å². The molecule has 1 N–H and O–H groups in total. The molecule has 3 rings (SSSR count). The van der Waals surface area contributed by atoms with Crippen molar-refractivity contribution in [2.45, 2.75) is 20.3 Å². The van der Waals surface area contributed by atoms with Crippen molar-refractivity contribution < 1.29 is 23.9 Å². The maximum atomic E-state index is 13.2. The summed E-state index contributed by atoms with van der Waals surface area (Å²) in [6, 6.07) is 9.68. The largest absolute Gasteiger partial charge is 0.493 e. The van der Waals surface area contributed by atoms with Crippen molar-refractivity contribution in [2.75, 3.05) is 18.6 Å². The number of anilines is 1. The van der Waals surface area contributed by atoms with Crippen molar-refractivity contribution >= 4 is 29.6 Å². The Morgan fingerprint density at radius 3 is 2.55 bits per heavy atom. The number of ether oxygens (including phenoxy) is 2. The highest BCUT2D eigenvalue weighted by molar-refractivity contribution is 6.39. The maximum absolute atomic E-state index is 13.2. The zero-order chi connectivity index (χ0) is 22.5. The van der Waals surface area contributed by atoms with Gasteiger partial charge in [0.1, 0.15) is 5.57 Å². The second kappa shape index (κ2) is 9.30. The summed E-state index contributed by atoms with van der Waals surface area (Å²) >= 11 is 0. The Hall–Kier alpha value is -3.87. The van der Waals surface area contributed by atoms with Crippen LogP contribution in [-0.4, -0.2) is 31.6 Å². The first-order valence-corrected chi connectivity index (χ1v) is 9.82. The number of barbiturate groups is 1. The molecule has 4 amide bonds. The highest BCUT2D eigenvalue weighted by Crippen LogP contribution is 2.35. The summed E-state index contributed by atoms with van der Waals surface area (Å²) < 4.78 is 11.2. The van der Waals surface area contributed by atoms with Gasteiger partial charge >= 0.3 is 6.03 Å². The average Bonchev–Trinajstić information content (AvgIpc) is 2.73. The van der Waals surface area contributed by atoms with E-state index in [1.54, 1.807) is 56.5 Å². The Morgan fingerprint density at radius 1 is 1.16 bits per heavy atom. The van der Waals surface area contributed by atoms with Gasteiger partial charge in [-0.25, -0.2) is 9.69 Å². The van der Waals surface area contributed by atoms with E-state index in [0.717, 1.165) is 16.0 Å². The van der Waals surface area contributed by atoms with E-state index in [4.69, 9.17) is 9.47 Å². The zero-order valence-electron chi connectivity index (χ0n) is 17.7. The van der Waals surface area contributed by atoms with Crippen LogP contribution in [0.4, 0.5) is 10.5 Å². The molecule has 0 aliphatic carbocycles. The molecule has 7 heteroatoms. The van der Waals surface area contributed by atoms with Crippen LogP contribution in [0.15, 0.2) is 54.6 Å². The molecule has 1 fully saturated rings. The van der Waals surface area contributed by atoms with Gasteiger partial charge in [-0.2, -0.15) is 0 Å². The summed E-state index contributed by atoms with van der Waals surface area (Å²) in [4.78, 5) is 39.1. The molecule has 0 radical (unpaired) electrons. The van der Waals surface area contributed by atoms with Crippen LogP contribution in [-0.2, 0) is 16.0 Å². The molecular formula is C24H24N2O5. The van der Waals surface area contributed by atoms with Gasteiger partial charge < -0.3 is 9.47 Å². The predicted molar refractivity (Wildman–Crippen MR) is 118 cm³/mol. The molecular weight excluding hydrogens is 396 g/mol. The Bertz CT molecular complexity index is 1090. The number of allylic oxidation sites excluding steroid dienone is 1. The van der Waals surface area contributed by atoms with Crippen LogP contribution in [0.5, 0.6) is 11.5 Å². The van der Waals surface area contributed by atoms with Gasteiger partial charge in [0.15, 0.2) is 11.5 Å². The van der Waals surface area contributed by atoms with Gasteiger partial charge in [0.25, 0.3) is 11.8 Å². The fraction of sp³-hybridized carbons (Fsp3) is 0.208. The number of aryl methyl sites for hydroxylation is 1. The van der Waals surface area contributed by atoms with Gasteiger partial charge in [-0.1, -0.05) is 24.3 Å². The van der Waals surface area contributed by atoms with Crippen molar-refractivity contribution in [2.24, 2.45) is 0 Å². The minimum Gasteiger partial charge on any atom is -0.493 e. The van der Waals surface area contributed by atoms with Crippen molar-refractivity contribution in [3.05, 3.63) is 71.3 Å². The summed E-state index contributed by atoms with van der Waals surface area (Å²) in [5.74, 6) is -0.382. The minimum absolute atomic E-state index is 0.153. The van der Waals surface area contributed by atoms with E-state index in [1.807, 2.05) is 6.92 Å². The number of imide groups is 2. The zero-order valence-corrected chi connectivity index (χ0v) is 17.7. The summed E-state index contributed by atoms with van der Waals surface area (Å²) in [6.07, 6.45) is 3.68. The Labute approximate surface area is 181 Å². The molecule has 7 nitrogen and oxygen atoms in total. The Kier molecular flexibility index (Phi) is 6.55. The van der Waals surface area contributed by atoms with Gasteiger partial charge in [-0.3, -0.25) is 14.9 Å². The van der Waals surface area contributed by atoms with Gasteiger partial charge in [0.05, 0.1) is 19.4 Å². The second-order valence-corrected chi connectivity index (χ2v) is 6.88. The number of rotatable bonds is 7. The number of hydrogen-bond donors (Lipinski definition) is 1. The molecule has 0 bridgehead atoms. The lowest BCUT2D eigenvalue weighted by atomic mass is 10.0. The SMILES string of the molecule is C=CCc1cc(/C=C2\C(=O)NC(=O)N(c3ccccc3C)C2=O)cc(OCC)c1OC. The monoisotopic (exact) mass is 420 g/mol. The smallest absolute Gasteiger partial charge is 0.335 e. The third-order valence-corrected chi connectivity index (χ3v) is 4.79. The van der Waals surface area contributed by atoms with E-state index in [1.165, 1.54) is 6.08 Å². The summed E-state index contributed by atoms with van der Waals surface area (Å²) in [7, 11) is 1.55. The van der Waals surface area contributed by atoms with E-state index in [0.29, 0.717) is 35.8 Å². The van der Waals surface area contributed by atoms with Crippen molar-refractivity contribution in [1.29, 1.82) is 0 Å². The number of urea groups is 1. The number of nitrogens with one attached hydrogen (secondary N) is 1. The first-order valence-electron chi connectivity index (χ1n) is 9.82. The molecule has 0 unspecified atom stereocenters. The van der Waals surface area contributed by atoms with Crippen LogP contribution >= 0.6 is 0 Å². The summed E-state index contributed by atoms with van der Waals surface area (Å²) in [5, 5.41) is 2.24. The number of para-hydroxylation sites is 1. The van der Waals surface area contributed by atoms with Gasteiger partial charge in [0, 0.05) is 5.56 Å². The lowest BCUT2D eigenvalue weighted by Gasteiger charge is -2.27. The lowest BCUT2D eigenvalue weighted by molar-refractivity contribution is -0.122. The first kappa shape index (κ1) is 21.8. The number of methoxy groups -OCH3 is 1. The van der Waals surface area contributed by atoms with Crippen LogP contribution in [0, 0.1) is 6.92 Å². The lowest BCUT2D eigenvalue weighted by Crippen LogP contribution is -2.54. The molecule has 160 valence electrons. The second-order valence-electron chi connectivity index (χ2n) is 6.88. The number of benzene rings is 2. The molecule has 0 saturated carbocycles. The molecule has 1 heterocycles. The molecule has 0 aromatic heterocycles. The third-order valence-electron chi connectivity index (χ3n) is 4.79. The van der Waals surface area contributed by atoms with Gasteiger partial charge in [0.2, 0.25) is 0 Å². The standard InChI is InChI=1S/C24H24N2O5/c1-5-9-17-12-16(14-20(31-6-2)21(17)30-4)13-18-22(27)25-24(29)26(23(18)28)19-11-8-7-10-15(19)3/h5,7-8,10-14H,1,6,9H2,2-4H3,(H,25,27,29)/b18-13+. The van der Waals surface area contributed by atoms with Crippen LogP contribution in [0.2, 0.25) is 0 Å². The number of carbonyl (C=O) groups is 3. The fourth-order valence-electron chi connectivity index (χ4n) is 3.43. The quantitative estimate of drug-likeness (QED) is 0.418. The highest BCUT2D eigenvalue weighted by atomic mass is 16.5. The summed E-state index contributed by atoms with van der Waals surface area (Å²) in [5.41, 5.74) is 2.36. The Morgan fingerprint density at radius 2 is 1.90 bits per heavy atom. The van der Waals surface area contributed by atoms with E-state index in [-0.39, 0.29) is 5.57 Å². The van der Waals surface area contributed by atoms with Crippen molar-refractivity contribution in [3.8, 4) is 11.5 Å². The fourth-order valence-corrected chi connectivity index (χ4v) is 3.43. The Balaban J connectivity index is 2.10. The van der Waals surface area contributed by atoms with Crippen LogP contribution in [0.25, 0.3) is 6.08 Å². The normalized spacial score (nSPS) is 15.1. The molecule has 1 aliphatic heterocycles. The summed E-state index contributed by atoms with van der Waals surface area (Å²) in [6.45, 7) is 7.81. The third kappa shape index (κ3) is 4.35. The average molecular weight is 420 g/mol. The number of carbonyl (C=O) groups excluding carboxylic acids is 3. The molecule has 1 saturated heterocycles. The molecule has 31 heavy (non-hydrogen) atoms.